The van der Waals surface area contributed by atoms with Crippen molar-refractivity contribution < 1.29 is 14.3 Å². The smallest absolute Gasteiger partial charge is 0.189 e. The first kappa shape index (κ1) is 23.1. The van der Waals surface area contributed by atoms with Gasteiger partial charge < -0.3 is 9.47 Å². The van der Waals surface area contributed by atoms with Crippen molar-refractivity contribution in [1.29, 1.82) is 0 Å². The Morgan fingerprint density at radius 3 is 2.47 bits per heavy atom. The van der Waals surface area contributed by atoms with E-state index in [1.165, 1.54) is 5.56 Å². The molecule has 0 aliphatic heterocycles. The number of aryl methyl sites for hydroxylation is 2. The summed E-state index contributed by atoms with van der Waals surface area (Å²) in [5.74, 6) is 1.51. The van der Waals surface area contributed by atoms with Crippen molar-refractivity contribution in [2.24, 2.45) is 7.05 Å². The van der Waals surface area contributed by atoms with Gasteiger partial charge in [0.1, 0.15) is 18.1 Å². The lowest BCUT2D eigenvalue weighted by Crippen LogP contribution is -2.02. The van der Waals surface area contributed by atoms with E-state index in [-0.39, 0.29) is 5.78 Å². The molecule has 0 fully saturated rings. The van der Waals surface area contributed by atoms with Gasteiger partial charge >= 0.3 is 0 Å². The summed E-state index contributed by atoms with van der Waals surface area (Å²) >= 11 is 0. The summed E-state index contributed by atoms with van der Waals surface area (Å²) in [6.45, 7) is 2.19. The summed E-state index contributed by atoms with van der Waals surface area (Å²) in [5, 5.41) is 4.24. The number of ketones is 1. The van der Waals surface area contributed by atoms with E-state index in [0.717, 1.165) is 40.3 Å². The van der Waals surface area contributed by atoms with Gasteiger partial charge in [-0.25, -0.2) is 0 Å². The van der Waals surface area contributed by atoms with Crippen LogP contribution in [0.4, 0.5) is 0 Å². The van der Waals surface area contributed by atoms with E-state index < -0.39 is 0 Å². The SMILES string of the molecule is COc1ccc(/C=C/C(=O)c2cn(C)nc2C)cc1COc1ccccc1Cc1ccccc1. The number of benzene rings is 3. The average Bonchev–Trinajstić information content (AvgIpc) is 3.20. The maximum atomic E-state index is 12.6. The highest BCUT2D eigenvalue weighted by atomic mass is 16.5. The molecule has 0 N–H and O–H groups in total. The maximum absolute atomic E-state index is 12.6. The van der Waals surface area contributed by atoms with E-state index in [0.29, 0.717) is 12.2 Å². The lowest BCUT2D eigenvalue weighted by molar-refractivity contribution is 0.104. The Morgan fingerprint density at radius 1 is 0.971 bits per heavy atom. The second kappa shape index (κ2) is 10.7. The molecule has 0 atom stereocenters. The number of rotatable bonds is 9. The molecule has 0 unspecified atom stereocenters. The van der Waals surface area contributed by atoms with Gasteiger partial charge in [0.15, 0.2) is 5.78 Å². The molecule has 5 nitrogen and oxygen atoms in total. The lowest BCUT2D eigenvalue weighted by atomic mass is 10.0. The molecular weight excluding hydrogens is 424 g/mol. The van der Waals surface area contributed by atoms with E-state index in [1.54, 1.807) is 37.2 Å². The van der Waals surface area contributed by atoms with Crippen LogP contribution in [0.2, 0.25) is 0 Å². The summed E-state index contributed by atoms with van der Waals surface area (Å²) < 4.78 is 13.4. The van der Waals surface area contributed by atoms with E-state index in [1.807, 2.05) is 61.5 Å². The standard InChI is InChI=1S/C29H28N2O3/c1-21-26(19-31(2)30-21)27(32)15-13-23-14-16-28(33-3)25(18-23)20-34-29-12-8-7-11-24(29)17-22-9-5-4-6-10-22/h4-16,18-19H,17,20H2,1-3H3/b15-13+. The van der Waals surface area contributed by atoms with Gasteiger partial charge in [-0.15, -0.1) is 0 Å². The molecule has 0 bridgehead atoms. The summed E-state index contributed by atoms with van der Waals surface area (Å²) in [6, 6.07) is 24.2. The van der Waals surface area contributed by atoms with E-state index in [9.17, 15) is 4.79 Å². The van der Waals surface area contributed by atoms with Crippen LogP contribution < -0.4 is 9.47 Å². The Labute approximate surface area is 200 Å². The monoisotopic (exact) mass is 452 g/mol. The second-order valence-corrected chi connectivity index (χ2v) is 8.13. The number of hydrogen-bond acceptors (Lipinski definition) is 4. The first-order valence-electron chi connectivity index (χ1n) is 11.2. The Morgan fingerprint density at radius 2 is 1.74 bits per heavy atom. The van der Waals surface area contributed by atoms with Gasteiger partial charge in [0.2, 0.25) is 0 Å². The molecule has 0 spiro atoms. The molecule has 4 aromatic rings. The molecule has 0 aliphatic rings. The first-order chi connectivity index (χ1) is 16.5. The molecule has 0 saturated carbocycles. The number of methoxy groups -OCH3 is 1. The molecule has 1 heterocycles. The summed E-state index contributed by atoms with van der Waals surface area (Å²) in [5.41, 5.74) is 5.48. The van der Waals surface area contributed by atoms with Crippen molar-refractivity contribution in [3.8, 4) is 11.5 Å². The fourth-order valence-corrected chi connectivity index (χ4v) is 3.88. The van der Waals surface area contributed by atoms with Crippen LogP contribution in [0.1, 0.15) is 38.3 Å². The second-order valence-electron chi connectivity index (χ2n) is 8.13. The average molecular weight is 453 g/mol. The number of carbonyl (C=O) groups is 1. The molecule has 34 heavy (non-hydrogen) atoms. The number of nitrogens with zero attached hydrogens (tertiary/aromatic N) is 2. The Kier molecular flexibility index (Phi) is 7.23. The lowest BCUT2D eigenvalue weighted by Gasteiger charge is -2.14. The third-order valence-corrected chi connectivity index (χ3v) is 5.60. The molecule has 0 radical (unpaired) electrons. The number of para-hydroxylation sites is 1. The molecule has 4 rings (SSSR count). The topological polar surface area (TPSA) is 53.4 Å². The summed E-state index contributed by atoms with van der Waals surface area (Å²) in [7, 11) is 3.45. The number of hydrogen-bond donors (Lipinski definition) is 0. The van der Waals surface area contributed by atoms with Crippen molar-refractivity contribution in [3.63, 3.8) is 0 Å². The van der Waals surface area contributed by atoms with Gasteiger partial charge in [0.25, 0.3) is 0 Å². The minimum absolute atomic E-state index is 0.0749. The van der Waals surface area contributed by atoms with Gasteiger partial charge in [-0.05, 0) is 47.9 Å². The van der Waals surface area contributed by atoms with Crippen LogP contribution in [0.5, 0.6) is 11.5 Å². The first-order valence-corrected chi connectivity index (χ1v) is 11.2. The van der Waals surface area contributed by atoms with Gasteiger partial charge in [-0.2, -0.15) is 5.10 Å². The molecule has 1 aromatic heterocycles. The molecule has 0 aliphatic carbocycles. The van der Waals surface area contributed by atoms with Crippen molar-refractivity contribution in [2.45, 2.75) is 20.0 Å². The third kappa shape index (κ3) is 5.62. The minimum atomic E-state index is -0.0749. The molecule has 3 aromatic carbocycles. The van der Waals surface area contributed by atoms with Gasteiger partial charge in [-0.1, -0.05) is 60.7 Å². The zero-order valence-electron chi connectivity index (χ0n) is 19.7. The fraction of sp³-hybridized carbons (Fsp3) is 0.172. The third-order valence-electron chi connectivity index (χ3n) is 5.60. The quantitative estimate of drug-likeness (QED) is 0.238. The molecule has 5 heteroatoms. The van der Waals surface area contributed by atoms with Crippen LogP contribution in [-0.4, -0.2) is 22.7 Å². The zero-order valence-corrected chi connectivity index (χ0v) is 19.7. The predicted octanol–water partition coefficient (Wildman–Crippen LogP) is 5.80. The maximum Gasteiger partial charge on any atom is 0.189 e. The number of aromatic nitrogens is 2. The van der Waals surface area contributed by atoms with Crippen molar-refractivity contribution in [2.75, 3.05) is 7.11 Å². The fourth-order valence-electron chi connectivity index (χ4n) is 3.88. The van der Waals surface area contributed by atoms with Crippen LogP contribution >= 0.6 is 0 Å². The number of allylic oxidation sites excluding steroid dienone is 1. The molecule has 0 saturated heterocycles. The van der Waals surface area contributed by atoms with Crippen molar-refractivity contribution in [1.82, 2.24) is 9.78 Å². The highest BCUT2D eigenvalue weighted by Crippen LogP contribution is 2.26. The van der Waals surface area contributed by atoms with E-state index in [2.05, 4.69) is 23.3 Å². The molecule has 0 amide bonds. The zero-order chi connectivity index (χ0) is 23.9. The van der Waals surface area contributed by atoms with Gasteiger partial charge in [0.05, 0.1) is 18.4 Å². The van der Waals surface area contributed by atoms with E-state index >= 15 is 0 Å². The highest BCUT2D eigenvalue weighted by Gasteiger charge is 2.11. The number of carbonyl (C=O) groups excluding carboxylic acids is 1. The molecule has 172 valence electrons. The van der Waals surface area contributed by atoms with Crippen LogP contribution in [0.3, 0.4) is 0 Å². The number of ether oxygens (including phenoxy) is 2. The normalized spacial score (nSPS) is 11.0. The molecular formula is C29H28N2O3. The van der Waals surface area contributed by atoms with Crippen molar-refractivity contribution >= 4 is 11.9 Å². The predicted molar refractivity (Wildman–Crippen MR) is 134 cm³/mol. The Balaban J connectivity index is 1.50. The summed E-state index contributed by atoms with van der Waals surface area (Å²) in [4.78, 5) is 12.6. The van der Waals surface area contributed by atoms with Gasteiger partial charge in [0, 0.05) is 25.2 Å². The minimum Gasteiger partial charge on any atom is -0.496 e. The Bertz CT molecular complexity index is 1310. The largest absolute Gasteiger partial charge is 0.496 e. The highest BCUT2D eigenvalue weighted by molar-refractivity contribution is 6.07. The van der Waals surface area contributed by atoms with E-state index in [4.69, 9.17) is 9.47 Å². The van der Waals surface area contributed by atoms with Gasteiger partial charge in [-0.3, -0.25) is 9.48 Å². The van der Waals surface area contributed by atoms with Crippen LogP contribution in [0.25, 0.3) is 6.08 Å². The van der Waals surface area contributed by atoms with Crippen LogP contribution in [0.15, 0.2) is 85.1 Å². The van der Waals surface area contributed by atoms with Crippen LogP contribution in [-0.2, 0) is 20.1 Å². The Hall–Kier alpha value is -4.12. The van der Waals surface area contributed by atoms with Crippen LogP contribution in [0, 0.1) is 6.92 Å². The summed E-state index contributed by atoms with van der Waals surface area (Å²) in [6.07, 6.45) is 5.92. The van der Waals surface area contributed by atoms with Crippen molar-refractivity contribution in [3.05, 3.63) is 119 Å².